The number of rotatable bonds is 0. The maximum atomic E-state index is 6.53. The van der Waals surface area contributed by atoms with Gasteiger partial charge in [-0.05, 0) is 11.4 Å². The second-order valence-electron chi connectivity index (χ2n) is 1.32. The maximum Gasteiger partial charge on any atom is 0.199 e. The Balaban J connectivity index is 3.05. The molecule has 0 spiro atoms. The molecule has 0 saturated heterocycles. The molecule has 2 nitrogen and oxygen atoms in total. The SMILES string of the molecule is [C-]#[N+]c1csc(N)c1. The zero-order valence-corrected chi connectivity index (χ0v) is 4.90. The molecule has 0 atom stereocenters. The molecule has 2 N–H and O–H groups in total. The van der Waals surface area contributed by atoms with Crippen LogP contribution in [0.2, 0.25) is 0 Å². The average Bonchev–Trinajstić information content (AvgIpc) is 2.14. The van der Waals surface area contributed by atoms with Crippen LogP contribution >= 0.6 is 11.3 Å². The molecule has 0 unspecified atom stereocenters. The highest BCUT2D eigenvalue weighted by molar-refractivity contribution is 7.14. The van der Waals surface area contributed by atoms with Gasteiger partial charge in [-0.1, -0.05) is 0 Å². The van der Waals surface area contributed by atoms with E-state index in [0.717, 1.165) is 0 Å². The first-order valence-electron chi connectivity index (χ1n) is 2.04. The van der Waals surface area contributed by atoms with E-state index in [2.05, 4.69) is 4.85 Å². The summed E-state index contributed by atoms with van der Waals surface area (Å²) < 4.78 is 0. The van der Waals surface area contributed by atoms with Crippen molar-refractivity contribution < 1.29 is 0 Å². The minimum atomic E-state index is 0.632. The van der Waals surface area contributed by atoms with Crippen molar-refractivity contribution in [3.05, 3.63) is 22.9 Å². The van der Waals surface area contributed by atoms with Crippen molar-refractivity contribution in [2.45, 2.75) is 0 Å². The number of nitrogens with zero attached hydrogens (tertiary/aromatic N) is 1. The standard InChI is InChI=1S/C5H4N2S/c1-7-4-2-5(6)8-3-4/h2-3H,6H2. The fraction of sp³-hybridized carbons (Fsp3) is 0. The van der Waals surface area contributed by atoms with Crippen LogP contribution in [0, 0.1) is 6.57 Å². The highest BCUT2D eigenvalue weighted by Gasteiger charge is 1.90. The van der Waals surface area contributed by atoms with Crippen LogP contribution in [0.25, 0.3) is 4.85 Å². The summed E-state index contributed by atoms with van der Waals surface area (Å²) in [6, 6.07) is 1.66. The summed E-state index contributed by atoms with van der Waals surface area (Å²) in [5.41, 5.74) is 5.96. The second-order valence-corrected chi connectivity index (χ2v) is 2.26. The van der Waals surface area contributed by atoms with Crippen LogP contribution in [-0.2, 0) is 0 Å². The molecule has 3 heteroatoms. The van der Waals surface area contributed by atoms with E-state index in [1.165, 1.54) is 11.3 Å². The summed E-state index contributed by atoms with van der Waals surface area (Å²) in [6.07, 6.45) is 0. The van der Waals surface area contributed by atoms with Gasteiger partial charge in [-0.15, -0.1) is 11.3 Å². The van der Waals surface area contributed by atoms with Crippen molar-refractivity contribution >= 4 is 22.0 Å². The highest BCUT2D eigenvalue weighted by atomic mass is 32.1. The number of hydrogen-bond donors (Lipinski definition) is 1. The quantitative estimate of drug-likeness (QED) is 0.526. The largest absolute Gasteiger partial charge is 0.392 e. The van der Waals surface area contributed by atoms with Crippen LogP contribution in [0.5, 0.6) is 0 Å². The van der Waals surface area contributed by atoms with Gasteiger partial charge in [0, 0.05) is 0 Å². The van der Waals surface area contributed by atoms with E-state index >= 15 is 0 Å². The van der Waals surface area contributed by atoms with Crippen LogP contribution in [0.15, 0.2) is 11.4 Å². The van der Waals surface area contributed by atoms with E-state index in [4.69, 9.17) is 12.3 Å². The molecule has 0 aliphatic carbocycles. The minimum absolute atomic E-state index is 0.632. The topological polar surface area (TPSA) is 30.4 Å². The van der Waals surface area contributed by atoms with Crippen molar-refractivity contribution in [2.24, 2.45) is 0 Å². The van der Waals surface area contributed by atoms with Crippen LogP contribution in [0.4, 0.5) is 10.7 Å². The third-order valence-electron chi connectivity index (χ3n) is 0.735. The molecule has 0 aromatic carbocycles. The Kier molecular flexibility index (Phi) is 1.18. The third kappa shape index (κ3) is 0.796. The Bertz CT molecular complexity index is 221. The molecular formula is C5H4N2S. The molecule has 0 aliphatic rings. The predicted octanol–water partition coefficient (Wildman–Crippen LogP) is 1.88. The van der Waals surface area contributed by atoms with E-state index in [1.54, 1.807) is 11.4 Å². The van der Waals surface area contributed by atoms with E-state index in [1.807, 2.05) is 0 Å². The van der Waals surface area contributed by atoms with E-state index in [9.17, 15) is 0 Å². The Morgan fingerprint density at radius 1 is 1.75 bits per heavy atom. The Morgan fingerprint density at radius 3 is 2.75 bits per heavy atom. The van der Waals surface area contributed by atoms with Gasteiger partial charge in [0.1, 0.15) is 0 Å². The van der Waals surface area contributed by atoms with Crippen molar-refractivity contribution in [1.29, 1.82) is 0 Å². The Hall–Kier alpha value is -1.01. The smallest absolute Gasteiger partial charge is 0.199 e. The van der Waals surface area contributed by atoms with Gasteiger partial charge in [-0.2, -0.15) is 0 Å². The van der Waals surface area contributed by atoms with Crippen LogP contribution in [0.3, 0.4) is 0 Å². The Morgan fingerprint density at radius 2 is 2.50 bits per heavy atom. The van der Waals surface area contributed by atoms with E-state index in [0.29, 0.717) is 10.7 Å². The first kappa shape index (κ1) is 5.13. The molecule has 1 rings (SSSR count). The lowest BCUT2D eigenvalue weighted by Gasteiger charge is -1.71. The molecule has 8 heavy (non-hydrogen) atoms. The number of anilines is 1. The summed E-state index contributed by atoms with van der Waals surface area (Å²) >= 11 is 1.39. The molecule has 1 aromatic rings. The van der Waals surface area contributed by atoms with Gasteiger partial charge in [0.05, 0.1) is 11.6 Å². The molecule has 0 fully saturated rings. The summed E-state index contributed by atoms with van der Waals surface area (Å²) in [5.74, 6) is 0. The first-order valence-corrected chi connectivity index (χ1v) is 2.92. The lowest BCUT2D eigenvalue weighted by molar-refractivity contribution is 1.92. The van der Waals surface area contributed by atoms with Crippen LogP contribution < -0.4 is 5.73 Å². The first-order chi connectivity index (χ1) is 3.83. The Labute approximate surface area is 51.4 Å². The number of nitrogen functional groups attached to an aromatic ring is 1. The molecule has 0 amide bonds. The van der Waals surface area contributed by atoms with Gasteiger partial charge in [0.15, 0.2) is 5.69 Å². The number of hydrogen-bond acceptors (Lipinski definition) is 2. The summed E-state index contributed by atoms with van der Waals surface area (Å²) in [7, 11) is 0. The van der Waals surface area contributed by atoms with Gasteiger partial charge in [-0.25, -0.2) is 4.85 Å². The lowest BCUT2D eigenvalue weighted by Crippen LogP contribution is -1.72. The third-order valence-corrected chi connectivity index (χ3v) is 1.48. The van der Waals surface area contributed by atoms with Gasteiger partial charge in [-0.3, -0.25) is 0 Å². The fourth-order valence-electron chi connectivity index (χ4n) is 0.401. The molecule has 40 valence electrons. The van der Waals surface area contributed by atoms with Crippen LogP contribution in [0.1, 0.15) is 0 Å². The van der Waals surface area contributed by atoms with Gasteiger partial charge < -0.3 is 5.73 Å². The van der Waals surface area contributed by atoms with Crippen molar-refractivity contribution in [2.75, 3.05) is 5.73 Å². The molecule has 0 saturated carbocycles. The monoisotopic (exact) mass is 124 g/mol. The lowest BCUT2D eigenvalue weighted by atomic mass is 10.5. The molecule has 0 aliphatic heterocycles. The average molecular weight is 124 g/mol. The number of nitrogens with two attached hydrogens (primary N) is 1. The summed E-state index contributed by atoms with van der Waals surface area (Å²) in [4.78, 5) is 3.17. The van der Waals surface area contributed by atoms with Crippen molar-refractivity contribution in [3.8, 4) is 0 Å². The van der Waals surface area contributed by atoms with E-state index in [-0.39, 0.29) is 0 Å². The van der Waals surface area contributed by atoms with Crippen LogP contribution in [-0.4, -0.2) is 0 Å². The zero-order valence-electron chi connectivity index (χ0n) is 4.09. The molecule has 1 heterocycles. The van der Waals surface area contributed by atoms with Gasteiger partial charge in [0.2, 0.25) is 0 Å². The molecule has 1 aromatic heterocycles. The normalized spacial score (nSPS) is 8.38. The van der Waals surface area contributed by atoms with Crippen molar-refractivity contribution in [3.63, 3.8) is 0 Å². The predicted molar refractivity (Wildman–Crippen MR) is 35.0 cm³/mol. The molecular weight excluding hydrogens is 120 g/mol. The zero-order chi connectivity index (χ0) is 5.98. The highest BCUT2D eigenvalue weighted by Crippen LogP contribution is 2.22. The molecule has 0 bridgehead atoms. The van der Waals surface area contributed by atoms with Crippen molar-refractivity contribution in [1.82, 2.24) is 0 Å². The number of thiophene rings is 1. The van der Waals surface area contributed by atoms with E-state index < -0.39 is 0 Å². The maximum absolute atomic E-state index is 6.53. The second kappa shape index (κ2) is 1.85. The van der Waals surface area contributed by atoms with Gasteiger partial charge >= 0.3 is 0 Å². The summed E-state index contributed by atoms with van der Waals surface area (Å²) in [6.45, 7) is 6.53. The van der Waals surface area contributed by atoms with Gasteiger partial charge in [0.25, 0.3) is 0 Å². The fourth-order valence-corrected chi connectivity index (χ4v) is 0.967. The minimum Gasteiger partial charge on any atom is -0.392 e. The summed E-state index contributed by atoms with van der Waals surface area (Å²) in [5, 5.41) is 2.44. The molecule has 0 radical (unpaired) electrons.